The number of sulfonamides is 1. The van der Waals surface area contributed by atoms with E-state index in [1.165, 1.54) is 0 Å². The lowest BCUT2D eigenvalue weighted by Crippen LogP contribution is -2.43. The van der Waals surface area contributed by atoms with Crippen LogP contribution in [0.4, 0.5) is 0 Å². The molecule has 100 valence electrons. The second kappa shape index (κ2) is 5.67. The van der Waals surface area contributed by atoms with Gasteiger partial charge in [0.05, 0.1) is 5.25 Å². The Morgan fingerprint density at radius 2 is 1.88 bits per heavy atom. The third-order valence-corrected chi connectivity index (χ3v) is 6.00. The summed E-state index contributed by atoms with van der Waals surface area (Å²) in [4.78, 5) is 0. The standard InChI is InChI=1S/C12H24N2O2S/c1-10-6-7-11(8-13-10)9-14-17(15,16)12-4-2-3-5-12/h10-14H,2-9H2,1H3. The highest BCUT2D eigenvalue weighted by molar-refractivity contribution is 7.90. The molecule has 1 heterocycles. The number of piperidine rings is 1. The first-order chi connectivity index (χ1) is 8.08. The van der Waals surface area contributed by atoms with Gasteiger partial charge < -0.3 is 5.32 Å². The van der Waals surface area contributed by atoms with Crippen LogP contribution in [0.15, 0.2) is 0 Å². The Balaban J connectivity index is 1.77. The molecule has 5 heteroatoms. The van der Waals surface area contributed by atoms with E-state index < -0.39 is 10.0 Å². The van der Waals surface area contributed by atoms with E-state index in [1.54, 1.807) is 0 Å². The summed E-state index contributed by atoms with van der Waals surface area (Å²) in [6.45, 7) is 3.73. The van der Waals surface area contributed by atoms with Gasteiger partial charge in [0.1, 0.15) is 0 Å². The van der Waals surface area contributed by atoms with Crippen molar-refractivity contribution in [1.29, 1.82) is 0 Å². The lowest BCUT2D eigenvalue weighted by molar-refractivity contribution is 0.323. The minimum absolute atomic E-state index is 0.127. The number of nitrogens with one attached hydrogen (secondary N) is 2. The summed E-state index contributed by atoms with van der Waals surface area (Å²) in [5.74, 6) is 0.461. The maximum atomic E-state index is 12.0. The van der Waals surface area contributed by atoms with E-state index in [0.717, 1.165) is 45.1 Å². The van der Waals surface area contributed by atoms with Crippen molar-refractivity contribution in [1.82, 2.24) is 10.0 Å². The summed E-state index contributed by atoms with van der Waals surface area (Å²) in [6.07, 6.45) is 6.09. The van der Waals surface area contributed by atoms with Crippen molar-refractivity contribution in [2.24, 2.45) is 5.92 Å². The van der Waals surface area contributed by atoms with E-state index >= 15 is 0 Å². The molecule has 0 radical (unpaired) electrons. The molecule has 17 heavy (non-hydrogen) atoms. The average Bonchev–Trinajstić information content (AvgIpc) is 2.82. The van der Waals surface area contributed by atoms with Crippen LogP contribution in [0.5, 0.6) is 0 Å². The Morgan fingerprint density at radius 1 is 1.18 bits per heavy atom. The SMILES string of the molecule is CC1CCC(CNS(=O)(=O)C2CCCC2)CN1. The number of hydrogen-bond acceptors (Lipinski definition) is 3. The molecule has 1 aliphatic carbocycles. The van der Waals surface area contributed by atoms with Gasteiger partial charge in [0.25, 0.3) is 0 Å². The molecule has 0 bridgehead atoms. The summed E-state index contributed by atoms with van der Waals surface area (Å²) in [5.41, 5.74) is 0. The van der Waals surface area contributed by atoms with Gasteiger partial charge >= 0.3 is 0 Å². The Labute approximate surface area is 105 Å². The summed E-state index contributed by atoms with van der Waals surface area (Å²) in [6, 6.07) is 0.581. The minimum atomic E-state index is -3.05. The van der Waals surface area contributed by atoms with Crippen LogP contribution >= 0.6 is 0 Å². The van der Waals surface area contributed by atoms with Gasteiger partial charge in [-0.2, -0.15) is 0 Å². The van der Waals surface area contributed by atoms with Gasteiger partial charge in [-0.25, -0.2) is 13.1 Å². The van der Waals surface area contributed by atoms with Gasteiger partial charge in [0.15, 0.2) is 0 Å². The summed E-state index contributed by atoms with van der Waals surface area (Å²) in [5, 5.41) is 3.28. The maximum absolute atomic E-state index is 12.0. The molecular weight excluding hydrogens is 236 g/mol. The molecule has 2 fully saturated rings. The predicted molar refractivity (Wildman–Crippen MR) is 69.4 cm³/mol. The third-order valence-electron chi connectivity index (χ3n) is 4.08. The summed E-state index contributed by atoms with van der Waals surface area (Å²) >= 11 is 0. The Hall–Kier alpha value is -0.130. The van der Waals surface area contributed by atoms with E-state index in [4.69, 9.17) is 0 Å². The zero-order valence-corrected chi connectivity index (χ0v) is 11.4. The van der Waals surface area contributed by atoms with Crippen LogP contribution in [0.2, 0.25) is 0 Å². The van der Waals surface area contributed by atoms with Crippen LogP contribution in [0, 0.1) is 5.92 Å². The van der Waals surface area contributed by atoms with E-state index in [2.05, 4.69) is 17.0 Å². The number of hydrogen-bond donors (Lipinski definition) is 2. The van der Waals surface area contributed by atoms with Crippen molar-refractivity contribution in [2.45, 2.75) is 56.7 Å². The second-order valence-corrected chi connectivity index (χ2v) is 7.60. The third kappa shape index (κ3) is 3.66. The highest BCUT2D eigenvalue weighted by Gasteiger charge is 2.29. The molecule has 2 aliphatic rings. The largest absolute Gasteiger partial charge is 0.314 e. The first-order valence-corrected chi connectivity index (χ1v) is 8.34. The molecule has 1 saturated heterocycles. The number of rotatable bonds is 4. The Morgan fingerprint density at radius 3 is 2.47 bits per heavy atom. The van der Waals surface area contributed by atoms with Gasteiger partial charge in [-0.05, 0) is 45.1 Å². The zero-order valence-electron chi connectivity index (χ0n) is 10.6. The van der Waals surface area contributed by atoms with Crippen molar-refractivity contribution in [3.8, 4) is 0 Å². The van der Waals surface area contributed by atoms with Crippen LogP contribution < -0.4 is 10.0 Å². The van der Waals surface area contributed by atoms with Crippen LogP contribution in [-0.2, 0) is 10.0 Å². The van der Waals surface area contributed by atoms with Crippen molar-refractivity contribution in [3.63, 3.8) is 0 Å². The monoisotopic (exact) mass is 260 g/mol. The van der Waals surface area contributed by atoms with Crippen LogP contribution in [0.3, 0.4) is 0 Å². The van der Waals surface area contributed by atoms with E-state index in [1.807, 2.05) is 0 Å². The molecule has 0 amide bonds. The Kier molecular flexibility index (Phi) is 4.44. The molecule has 4 nitrogen and oxygen atoms in total. The predicted octanol–water partition coefficient (Wildman–Crippen LogP) is 1.24. The van der Waals surface area contributed by atoms with Gasteiger partial charge in [-0.3, -0.25) is 0 Å². The molecule has 0 aromatic heterocycles. The Bertz CT molecular complexity index is 328. The van der Waals surface area contributed by atoms with Crippen LogP contribution in [0.25, 0.3) is 0 Å². The molecule has 2 N–H and O–H groups in total. The van der Waals surface area contributed by atoms with Gasteiger partial charge in [-0.15, -0.1) is 0 Å². The van der Waals surface area contributed by atoms with Gasteiger partial charge in [0, 0.05) is 12.6 Å². The molecule has 1 aliphatic heterocycles. The lowest BCUT2D eigenvalue weighted by Gasteiger charge is -2.28. The minimum Gasteiger partial charge on any atom is -0.314 e. The maximum Gasteiger partial charge on any atom is 0.214 e. The fourth-order valence-corrected chi connectivity index (χ4v) is 4.44. The first-order valence-electron chi connectivity index (χ1n) is 6.80. The van der Waals surface area contributed by atoms with E-state index in [0.29, 0.717) is 18.5 Å². The van der Waals surface area contributed by atoms with Crippen LogP contribution in [0.1, 0.15) is 45.4 Å². The molecule has 0 aromatic carbocycles. The second-order valence-electron chi connectivity index (χ2n) is 5.55. The topological polar surface area (TPSA) is 58.2 Å². The smallest absolute Gasteiger partial charge is 0.214 e. The molecule has 2 rings (SSSR count). The van der Waals surface area contributed by atoms with E-state index in [-0.39, 0.29) is 5.25 Å². The van der Waals surface area contributed by atoms with Gasteiger partial charge in [-0.1, -0.05) is 12.8 Å². The summed E-state index contributed by atoms with van der Waals surface area (Å²) < 4.78 is 26.8. The molecule has 0 spiro atoms. The van der Waals surface area contributed by atoms with E-state index in [9.17, 15) is 8.42 Å². The first kappa shape index (κ1) is 13.3. The molecule has 1 saturated carbocycles. The highest BCUT2D eigenvalue weighted by Crippen LogP contribution is 2.24. The molecule has 2 atom stereocenters. The summed E-state index contributed by atoms with van der Waals surface area (Å²) in [7, 11) is -3.05. The molecule has 0 aromatic rings. The van der Waals surface area contributed by atoms with Crippen molar-refractivity contribution < 1.29 is 8.42 Å². The fourth-order valence-electron chi connectivity index (χ4n) is 2.78. The normalized spacial score (nSPS) is 31.8. The van der Waals surface area contributed by atoms with Crippen molar-refractivity contribution in [2.75, 3.05) is 13.1 Å². The quantitative estimate of drug-likeness (QED) is 0.799. The lowest BCUT2D eigenvalue weighted by atomic mass is 9.96. The molecule has 2 unspecified atom stereocenters. The van der Waals surface area contributed by atoms with Gasteiger partial charge in [0.2, 0.25) is 10.0 Å². The van der Waals surface area contributed by atoms with Crippen molar-refractivity contribution >= 4 is 10.0 Å². The fraction of sp³-hybridized carbons (Fsp3) is 1.00. The van der Waals surface area contributed by atoms with Crippen LogP contribution in [-0.4, -0.2) is 32.8 Å². The molecular formula is C12H24N2O2S. The average molecular weight is 260 g/mol. The van der Waals surface area contributed by atoms with Crippen molar-refractivity contribution in [3.05, 3.63) is 0 Å². The highest BCUT2D eigenvalue weighted by atomic mass is 32.2. The zero-order chi connectivity index (χ0) is 12.3.